The zero-order valence-corrected chi connectivity index (χ0v) is 10.8. The van der Waals surface area contributed by atoms with Gasteiger partial charge in [0, 0.05) is 5.92 Å². The van der Waals surface area contributed by atoms with Gasteiger partial charge in [0.1, 0.15) is 6.29 Å². The highest BCUT2D eigenvalue weighted by atomic mass is 16.1. The Labute approximate surface area is 99.0 Å². The zero-order chi connectivity index (χ0) is 11.6. The van der Waals surface area contributed by atoms with Gasteiger partial charge in [-0.05, 0) is 60.7 Å². The monoisotopic (exact) mass is 220 g/mol. The van der Waals surface area contributed by atoms with Crippen molar-refractivity contribution in [3.8, 4) is 0 Å². The molecule has 0 N–H and O–H groups in total. The fraction of sp³-hybridized carbons (Fsp3) is 0.933. The van der Waals surface area contributed by atoms with Gasteiger partial charge in [-0.15, -0.1) is 0 Å². The Morgan fingerprint density at radius 1 is 1.19 bits per heavy atom. The largest absolute Gasteiger partial charge is 0.303 e. The lowest BCUT2D eigenvalue weighted by Crippen LogP contribution is -2.32. The Balaban J connectivity index is 2.03. The molecule has 3 aliphatic rings. The van der Waals surface area contributed by atoms with Crippen LogP contribution in [0.25, 0.3) is 0 Å². The molecule has 5 atom stereocenters. The predicted molar refractivity (Wildman–Crippen MR) is 65.0 cm³/mol. The van der Waals surface area contributed by atoms with Crippen LogP contribution in [0, 0.1) is 34.5 Å². The first kappa shape index (κ1) is 10.8. The molecule has 1 heteroatoms. The summed E-state index contributed by atoms with van der Waals surface area (Å²) in [6, 6.07) is 0. The maximum Gasteiger partial charge on any atom is 0.123 e. The molecule has 3 fully saturated rings. The third-order valence-electron chi connectivity index (χ3n) is 6.65. The topological polar surface area (TPSA) is 17.1 Å². The Morgan fingerprint density at radius 2 is 1.94 bits per heavy atom. The van der Waals surface area contributed by atoms with Crippen LogP contribution in [-0.4, -0.2) is 6.29 Å². The summed E-state index contributed by atoms with van der Waals surface area (Å²) < 4.78 is 0. The van der Waals surface area contributed by atoms with E-state index < -0.39 is 0 Å². The smallest absolute Gasteiger partial charge is 0.123 e. The van der Waals surface area contributed by atoms with Gasteiger partial charge < -0.3 is 4.79 Å². The van der Waals surface area contributed by atoms with Crippen molar-refractivity contribution in [1.29, 1.82) is 0 Å². The van der Waals surface area contributed by atoms with Crippen molar-refractivity contribution < 1.29 is 4.79 Å². The number of carbonyl (C=O) groups is 1. The van der Waals surface area contributed by atoms with Gasteiger partial charge in [0.15, 0.2) is 0 Å². The zero-order valence-electron chi connectivity index (χ0n) is 10.8. The van der Waals surface area contributed by atoms with Crippen molar-refractivity contribution in [2.24, 2.45) is 34.5 Å². The van der Waals surface area contributed by atoms with Crippen molar-refractivity contribution in [2.75, 3.05) is 0 Å². The first-order valence-corrected chi connectivity index (χ1v) is 6.97. The number of fused-ring (bicyclic) bond motifs is 1. The molecule has 0 heterocycles. The van der Waals surface area contributed by atoms with Crippen molar-refractivity contribution >= 4 is 6.29 Å². The highest BCUT2D eigenvalue weighted by Gasteiger charge is 2.65. The summed E-state index contributed by atoms with van der Waals surface area (Å²) in [6.45, 7) is 7.33. The van der Waals surface area contributed by atoms with E-state index in [1.54, 1.807) is 0 Å². The van der Waals surface area contributed by atoms with E-state index in [1.807, 2.05) is 0 Å². The van der Waals surface area contributed by atoms with Gasteiger partial charge in [0.2, 0.25) is 0 Å². The van der Waals surface area contributed by atoms with E-state index in [1.165, 1.54) is 38.4 Å². The molecule has 16 heavy (non-hydrogen) atoms. The molecule has 0 unspecified atom stereocenters. The molecule has 90 valence electrons. The van der Waals surface area contributed by atoms with E-state index in [0.717, 1.165) is 11.8 Å². The summed E-state index contributed by atoms with van der Waals surface area (Å²) in [5.74, 6) is 2.82. The van der Waals surface area contributed by atoms with Crippen molar-refractivity contribution in [2.45, 2.75) is 52.9 Å². The standard InChI is InChI=1S/C15H24O/c1-10-4-5-13-14(2,3)12-8-15(10,13)7-6-11(12)9-16/h9-13H,4-8H2,1-3H3/t10-,11-,12-,13-,15-/m0/s1. The van der Waals surface area contributed by atoms with E-state index in [4.69, 9.17) is 0 Å². The van der Waals surface area contributed by atoms with Gasteiger partial charge >= 0.3 is 0 Å². The molecule has 1 nitrogen and oxygen atoms in total. The molecule has 0 aromatic carbocycles. The molecule has 1 spiro atoms. The van der Waals surface area contributed by atoms with Gasteiger partial charge in [-0.1, -0.05) is 20.8 Å². The molecular weight excluding hydrogens is 196 g/mol. The molecule has 0 radical (unpaired) electrons. The Kier molecular flexibility index (Phi) is 2.10. The van der Waals surface area contributed by atoms with Crippen LogP contribution in [0.3, 0.4) is 0 Å². The van der Waals surface area contributed by atoms with E-state index in [-0.39, 0.29) is 0 Å². The second kappa shape index (κ2) is 3.11. The number of rotatable bonds is 1. The SMILES string of the molecule is C[C@H]1CC[C@H]2C(C)(C)[C@H]3C[C@@]12CC[C@H]3C=O. The van der Waals surface area contributed by atoms with Crippen LogP contribution >= 0.6 is 0 Å². The number of carbonyl (C=O) groups excluding carboxylic acids is 1. The Morgan fingerprint density at radius 3 is 2.62 bits per heavy atom. The minimum Gasteiger partial charge on any atom is -0.303 e. The lowest BCUT2D eigenvalue weighted by atomic mass is 9.66. The molecule has 2 bridgehead atoms. The maximum absolute atomic E-state index is 11.2. The van der Waals surface area contributed by atoms with Crippen molar-refractivity contribution in [3.05, 3.63) is 0 Å². The minimum absolute atomic E-state index is 0.360. The van der Waals surface area contributed by atoms with Crippen LogP contribution in [0.5, 0.6) is 0 Å². The van der Waals surface area contributed by atoms with Crippen molar-refractivity contribution in [3.63, 3.8) is 0 Å². The summed E-state index contributed by atoms with van der Waals surface area (Å²) in [5.41, 5.74) is 1.03. The van der Waals surface area contributed by atoms with Gasteiger partial charge in [-0.3, -0.25) is 0 Å². The minimum atomic E-state index is 0.360. The lowest BCUT2D eigenvalue weighted by Gasteiger charge is -2.39. The van der Waals surface area contributed by atoms with E-state index in [2.05, 4.69) is 20.8 Å². The molecular formula is C15H24O. The fourth-order valence-corrected chi connectivity index (χ4v) is 5.75. The van der Waals surface area contributed by atoms with Crippen LogP contribution in [-0.2, 0) is 4.79 Å². The van der Waals surface area contributed by atoms with Crippen LogP contribution in [0.15, 0.2) is 0 Å². The summed E-state index contributed by atoms with van der Waals surface area (Å²) in [7, 11) is 0. The average Bonchev–Trinajstić information content (AvgIpc) is 2.65. The van der Waals surface area contributed by atoms with E-state index in [0.29, 0.717) is 22.7 Å². The molecule has 0 aromatic rings. The Bertz CT molecular complexity index is 319. The van der Waals surface area contributed by atoms with Gasteiger partial charge in [-0.2, -0.15) is 0 Å². The first-order chi connectivity index (χ1) is 7.52. The van der Waals surface area contributed by atoms with Crippen molar-refractivity contribution in [1.82, 2.24) is 0 Å². The van der Waals surface area contributed by atoms with E-state index in [9.17, 15) is 4.79 Å². The van der Waals surface area contributed by atoms with Crippen LogP contribution < -0.4 is 0 Å². The van der Waals surface area contributed by atoms with Crippen LogP contribution in [0.1, 0.15) is 52.9 Å². The summed E-state index contributed by atoms with van der Waals surface area (Å²) in [6.07, 6.45) is 7.92. The maximum atomic E-state index is 11.2. The molecule has 3 aliphatic carbocycles. The Hall–Kier alpha value is -0.330. The highest BCUT2D eigenvalue weighted by Crippen LogP contribution is 2.72. The van der Waals surface area contributed by atoms with Crippen LogP contribution in [0.2, 0.25) is 0 Å². The highest BCUT2D eigenvalue weighted by molar-refractivity contribution is 5.55. The van der Waals surface area contributed by atoms with Gasteiger partial charge in [-0.25, -0.2) is 0 Å². The second-order valence-electron chi connectivity index (χ2n) is 7.23. The third-order valence-corrected chi connectivity index (χ3v) is 6.65. The molecule has 0 aromatic heterocycles. The number of hydrogen-bond acceptors (Lipinski definition) is 1. The third kappa shape index (κ3) is 1.05. The fourth-order valence-electron chi connectivity index (χ4n) is 5.75. The van der Waals surface area contributed by atoms with Gasteiger partial charge in [0.05, 0.1) is 0 Å². The number of aldehydes is 1. The quantitative estimate of drug-likeness (QED) is 0.616. The van der Waals surface area contributed by atoms with E-state index >= 15 is 0 Å². The molecule has 0 aliphatic heterocycles. The molecule has 3 saturated carbocycles. The molecule has 0 amide bonds. The summed E-state index contributed by atoms with van der Waals surface area (Å²) in [4.78, 5) is 11.2. The lowest BCUT2D eigenvalue weighted by molar-refractivity contribution is -0.115. The average molecular weight is 220 g/mol. The van der Waals surface area contributed by atoms with Gasteiger partial charge in [0.25, 0.3) is 0 Å². The summed E-state index contributed by atoms with van der Waals surface area (Å²) >= 11 is 0. The first-order valence-electron chi connectivity index (χ1n) is 6.97. The van der Waals surface area contributed by atoms with Crippen LogP contribution in [0.4, 0.5) is 0 Å². The summed E-state index contributed by atoms with van der Waals surface area (Å²) in [5, 5.41) is 0. The second-order valence-corrected chi connectivity index (χ2v) is 7.23. The molecule has 0 saturated heterocycles. The predicted octanol–water partition coefficient (Wildman–Crippen LogP) is 3.67. The number of hydrogen-bond donors (Lipinski definition) is 0. The normalized spacial score (nSPS) is 53.7. The molecule has 3 rings (SSSR count).